The fourth-order valence-electron chi connectivity index (χ4n) is 1.04. The molecule has 0 heterocycles. The van der Waals surface area contributed by atoms with Crippen molar-refractivity contribution in [3.63, 3.8) is 0 Å². The van der Waals surface area contributed by atoms with Crippen LogP contribution in [0.1, 0.15) is 12.0 Å². The summed E-state index contributed by atoms with van der Waals surface area (Å²) in [5.41, 5.74) is 0.636. The topological polar surface area (TPSA) is 42.2 Å². The molecule has 0 aliphatic heterocycles. The third-order valence-electron chi connectivity index (χ3n) is 1.78. The Morgan fingerprint density at radius 2 is 2.00 bits per heavy atom. The molecule has 0 amide bonds. The highest BCUT2D eigenvalue weighted by Gasteiger charge is 1.94. The average molecular weight is 203 g/mol. The van der Waals surface area contributed by atoms with E-state index in [0.717, 1.165) is 12.2 Å². The van der Waals surface area contributed by atoms with E-state index in [9.17, 15) is 0 Å². The molecule has 0 unspecified atom stereocenters. The van der Waals surface area contributed by atoms with Gasteiger partial charge in [0.25, 0.3) is 0 Å². The number of ether oxygens (including phenoxy) is 2. The van der Waals surface area contributed by atoms with Crippen LogP contribution in [-0.2, 0) is 4.74 Å². The van der Waals surface area contributed by atoms with Crippen LogP contribution in [-0.4, -0.2) is 13.2 Å². The van der Waals surface area contributed by atoms with Crippen molar-refractivity contribution in [3.05, 3.63) is 42.7 Å². The summed E-state index contributed by atoms with van der Waals surface area (Å²) in [5.74, 6) is 0.771. The highest BCUT2D eigenvalue weighted by Crippen LogP contribution is 2.11. The molecule has 3 nitrogen and oxygen atoms in total. The predicted octanol–water partition coefficient (Wildman–Crippen LogP) is 2.49. The van der Waals surface area contributed by atoms with Crippen LogP contribution in [0.15, 0.2) is 37.1 Å². The summed E-state index contributed by atoms with van der Waals surface area (Å²) in [6.45, 7) is 4.65. The van der Waals surface area contributed by atoms with Crippen molar-refractivity contribution in [1.29, 1.82) is 5.26 Å². The Balaban J connectivity index is 2.26. The summed E-state index contributed by atoms with van der Waals surface area (Å²) in [5, 5.41) is 8.58. The number of nitrogens with zero attached hydrogens (tertiary/aromatic N) is 1. The van der Waals surface area contributed by atoms with Crippen LogP contribution in [0.25, 0.3) is 0 Å². The van der Waals surface area contributed by atoms with Crippen LogP contribution >= 0.6 is 0 Å². The van der Waals surface area contributed by atoms with Gasteiger partial charge in [-0.1, -0.05) is 6.58 Å². The van der Waals surface area contributed by atoms with E-state index in [1.807, 2.05) is 0 Å². The quantitative estimate of drug-likeness (QED) is 0.527. The maximum Gasteiger partial charge on any atom is 0.119 e. The van der Waals surface area contributed by atoms with Gasteiger partial charge in [-0.15, -0.1) is 0 Å². The van der Waals surface area contributed by atoms with Crippen LogP contribution < -0.4 is 4.74 Å². The largest absolute Gasteiger partial charge is 0.502 e. The Bertz CT molecular complexity index is 338. The van der Waals surface area contributed by atoms with Gasteiger partial charge in [0.2, 0.25) is 0 Å². The van der Waals surface area contributed by atoms with Gasteiger partial charge in [0.1, 0.15) is 5.75 Å². The van der Waals surface area contributed by atoms with Crippen LogP contribution in [0.2, 0.25) is 0 Å². The van der Waals surface area contributed by atoms with Crippen molar-refractivity contribution in [1.82, 2.24) is 0 Å². The maximum absolute atomic E-state index is 8.58. The van der Waals surface area contributed by atoms with Gasteiger partial charge in [-0.2, -0.15) is 5.26 Å². The fraction of sp³-hybridized carbons (Fsp3) is 0.250. The lowest BCUT2D eigenvalue weighted by molar-refractivity contribution is 0.209. The third-order valence-corrected chi connectivity index (χ3v) is 1.78. The first-order chi connectivity index (χ1) is 7.36. The maximum atomic E-state index is 8.58. The van der Waals surface area contributed by atoms with Gasteiger partial charge < -0.3 is 9.47 Å². The van der Waals surface area contributed by atoms with Crippen molar-refractivity contribution in [3.8, 4) is 11.8 Å². The lowest BCUT2D eigenvalue weighted by atomic mass is 10.2. The van der Waals surface area contributed by atoms with E-state index < -0.39 is 0 Å². The summed E-state index contributed by atoms with van der Waals surface area (Å²) >= 11 is 0. The van der Waals surface area contributed by atoms with Crippen LogP contribution in [0.3, 0.4) is 0 Å². The Morgan fingerprint density at radius 3 is 2.60 bits per heavy atom. The molecule has 0 N–H and O–H groups in total. The van der Waals surface area contributed by atoms with E-state index in [1.165, 1.54) is 6.26 Å². The first kappa shape index (κ1) is 11.1. The zero-order chi connectivity index (χ0) is 10.9. The van der Waals surface area contributed by atoms with Crippen molar-refractivity contribution < 1.29 is 9.47 Å². The molecule has 0 radical (unpaired) electrons. The minimum Gasteiger partial charge on any atom is -0.502 e. The molecule has 0 atom stereocenters. The molecule has 0 fully saturated rings. The number of hydrogen-bond acceptors (Lipinski definition) is 3. The Morgan fingerprint density at radius 1 is 1.27 bits per heavy atom. The van der Waals surface area contributed by atoms with Gasteiger partial charge >= 0.3 is 0 Å². The van der Waals surface area contributed by atoms with Crippen LogP contribution in [0.4, 0.5) is 0 Å². The molecule has 3 heteroatoms. The van der Waals surface area contributed by atoms with Gasteiger partial charge in [0, 0.05) is 6.42 Å². The molecule has 78 valence electrons. The van der Waals surface area contributed by atoms with E-state index in [2.05, 4.69) is 12.6 Å². The zero-order valence-electron chi connectivity index (χ0n) is 8.48. The average Bonchev–Trinajstić information content (AvgIpc) is 2.30. The minimum atomic E-state index is 0.597. The van der Waals surface area contributed by atoms with Crippen molar-refractivity contribution in [2.45, 2.75) is 6.42 Å². The molecule has 0 spiro atoms. The summed E-state index contributed by atoms with van der Waals surface area (Å²) in [6, 6.07) is 9.08. The second-order valence-corrected chi connectivity index (χ2v) is 2.88. The number of nitriles is 1. The summed E-state index contributed by atoms with van der Waals surface area (Å²) in [6.07, 6.45) is 2.23. The molecule has 1 aromatic carbocycles. The van der Waals surface area contributed by atoms with Gasteiger partial charge in [-0.05, 0) is 24.3 Å². The Kier molecular flexibility index (Phi) is 4.82. The first-order valence-electron chi connectivity index (χ1n) is 4.72. The molecule has 0 saturated carbocycles. The third kappa shape index (κ3) is 4.19. The van der Waals surface area contributed by atoms with Gasteiger partial charge in [0.05, 0.1) is 31.1 Å². The highest BCUT2D eigenvalue weighted by molar-refractivity contribution is 5.34. The normalized spacial score (nSPS) is 9.00. The molecule has 0 saturated heterocycles. The first-order valence-corrected chi connectivity index (χ1v) is 4.72. The van der Waals surface area contributed by atoms with Crippen molar-refractivity contribution in [2.24, 2.45) is 0 Å². The lowest BCUT2D eigenvalue weighted by Crippen LogP contribution is -2.00. The molecule has 0 bridgehead atoms. The molecular weight excluding hydrogens is 190 g/mol. The molecule has 0 aliphatic carbocycles. The van der Waals surface area contributed by atoms with E-state index in [4.69, 9.17) is 14.7 Å². The second kappa shape index (κ2) is 6.50. The van der Waals surface area contributed by atoms with E-state index in [-0.39, 0.29) is 0 Å². The fourth-order valence-corrected chi connectivity index (χ4v) is 1.04. The lowest BCUT2D eigenvalue weighted by Gasteiger charge is -2.05. The number of rotatable bonds is 6. The van der Waals surface area contributed by atoms with E-state index >= 15 is 0 Å². The highest BCUT2D eigenvalue weighted by atomic mass is 16.5. The van der Waals surface area contributed by atoms with Crippen molar-refractivity contribution in [2.75, 3.05) is 13.2 Å². The molecule has 1 aromatic rings. The standard InChI is InChI=1S/C12H13NO2/c1-2-14-8-3-9-15-12-6-4-11(10-13)5-7-12/h2,4-7H,1,3,8-9H2. The predicted molar refractivity (Wildman–Crippen MR) is 57.4 cm³/mol. The summed E-state index contributed by atoms with van der Waals surface area (Å²) in [7, 11) is 0. The molecular formula is C12H13NO2. The van der Waals surface area contributed by atoms with Crippen LogP contribution in [0.5, 0.6) is 5.75 Å². The summed E-state index contributed by atoms with van der Waals surface area (Å²) < 4.78 is 10.4. The summed E-state index contributed by atoms with van der Waals surface area (Å²) in [4.78, 5) is 0. The second-order valence-electron chi connectivity index (χ2n) is 2.88. The van der Waals surface area contributed by atoms with Gasteiger partial charge in [-0.25, -0.2) is 0 Å². The molecule has 0 aliphatic rings. The van der Waals surface area contributed by atoms with Crippen LogP contribution in [0, 0.1) is 11.3 Å². The molecule has 15 heavy (non-hydrogen) atoms. The monoisotopic (exact) mass is 203 g/mol. The number of benzene rings is 1. The smallest absolute Gasteiger partial charge is 0.119 e. The minimum absolute atomic E-state index is 0.597. The Labute approximate surface area is 89.6 Å². The van der Waals surface area contributed by atoms with E-state index in [1.54, 1.807) is 24.3 Å². The molecule has 0 aromatic heterocycles. The molecule has 1 rings (SSSR count). The Hall–Kier alpha value is -1.95. The zero-order valence-corrected chi connectivity index (χ0v) is 8.48. The SMILES string of the molecule is C=COCCCOc1ccc(C#N)cc1. The van der Waals surface area contributed by atoms with Gasteiger partial charge in [-0.3, -0.25) is 0 Å². The van der Waals surface area contributed by atoms with Crippen molar-refractivity contribution >= 4 is 0 Å². The number of hydrogen-bond donors (Lipinski definition) is 0. The van der Waals surface area contributed by atoms with Gasteiger partial charge in [0.15, 0.2) is 0 Å². The van der Waals surface area contributed by atoms with E-state index in [0.29, 0.717) is 18.8 Å².